The number of anilines is 2. The van der Waals surface area contributed by atoms with Crippen LogP contribution in [0.2, 0.25) is 0 Å². The summed E-state index contributed by atoms with van der Waals surface area (Å²) in [5.74, 6) is -0.958. The van der Waals surface area contributed by atoms with E-state index in [1.165, 1.54) is 18.2 Å². The summed E-state index contributed by atoms with van der Waals surface area (Å²) in [7, 11) is 0. The fourth-order valence-corrected chi connectivity index (χ4v) is 4.63. The van der Waals surface area contributed by atoms with Crippen molar-refractivity contribution < 1.29 is 14.5 Å². The minimum Gasteiger partial charge on any atom is -0.325 e. The van der Waals surface area contributed by atoms with Gasteiger partial charge in [0.25, 0.3) is 11.6 Å². The van der Waals surface area contributed by atoms with E-state index < -0.39 is 10.8 Å². The normalized spacial score (nSPS) is 11.1. The van der Waals surface area contributed by atoms with Crippen LogP contribution in [0.15, 0.2) is 89.3 Å². The van der Waals surface area contributed by atoms with E-state index in [9.17, 15) is 25.0 Å². The van der Waals surface area contributed by atoms with Gasteiger partial charge in [0.1, 0.15) is 11.6 Å². The number of aryl methyl sites for hydroxylation is 2. The lowest BCUT2D eigenvalue weighted by Crippen LogP contribution is -2.14. The molecule has 4 rings (SSSR count). The summed E-state index contributed by atoms with van der Waals surface area (Å²) in [5.41, 5.74) is 3.14. The highest BCUT2D eigenvalue weighted by Gasteiger charge is 2.18. The van der Waals surface area contributed by atoms with Gasteiger partial charge in [0.05, 0.1) is 15.6 Å². The van der Waals surface area contributed by atoms with Crippen LogP contribution in [0.25, 0.3) is 16.8 Å². The molecule has 0 unspecified atom stereocenters. The maximum Gasteiger partial charge on any atom is 0.283 e. The molecule has 0 atom stereocenters. The molecule has 0 fully saturated rings. The summed E-state index contributed by atoms with van der Waals surface area (Å²) >= 11 is 1.03. The van der Waals surface area contributed by atoms with Gasteiger partial charge in [-0.3, -0.25) is 19.7 Å². The number of nitro benzene ring substituents is 1. The molecule has 2 amide bonds. The van der Waals surface area contributed by atoms with Crippen LogP contribution in [-0.4, -0.2) is 22.5 Å². The number of thioether (sulfide) groups is 1. The number of amides is 2. The van der Waals surface area contributed by atoms with Crippen LogP contribution in [0.1, 0.15) is 16.7 Å². The van der Waals surface area contributed by atoms with Crippen LogP contribution in [0.4, 0.5) is 17.1 Å². The Labute approximate surface area is 229 Å². The van der Waals surface area contributed by atoms with Crippen LogP contribution in [0, 0.1) is 35.3 Å². The molecular formula is C30H24N4O4S. The lowest BCUT2D eigenvalue weighted by molar-refractivity contribution is -0.387. The molecule has 0 radical (unpaired) electrons. The smallest absolute Gasteiger partial charge is 0.283 e. The van der Waals surface area contributed by atoms with Gasteiger partial charge in [0, 0.05) is 17.4 Å². The van der Waals surface area contributed by atoms with Gasteiger partial charge >= 0.3 is 0 Å². The number of nitro groups is 1. The first-order chi connectivity index (χ1) is 18.7. The first kappa shape index (κ1) is 27.1. The molecule has 0 heterocycles. The van der Waals surface area contributed by atoms with Gasteiger partial charge in [0.15, 0.2) is 0 Å². The number of rotatable bonds is 8. The third kappa shape index (κ3) is 6.89. The van der Waals surface area contributed by atoms with E-state index in [-0.39, 0.29) is 22.9 Å². The maximum atomic E-state index is 12.6. The van der Waals surface area contributed by atoms with E-state index in [2.05, 4.69) is 10.6 Å². The molecule has 0 saturated carbocycles. The number of hydrogen-bond donors (Lipinski definition) is 2. The summed E-state index contributed by atoms with van der Waals surface area (Å²) in [6, 6.07) is 25.0. The lowest BCUT2D eigenvalue weighted by Gasteiger charge is -2.08. The molecule has 0 aliphatic rings. The van der Waals surface area contributed by atoms with Crippen LogP contribution in [-0.2, 0) is 9.59 Å². The minimum atomic E-state index is -0.618. The van der Waals surface area contributed by atoms with Crippen molar-refractivity contribution in [3.8, 4) is 6.07 Å². The first-order valence-electron chi connectivity index (χ1n) is 11.9. The molecule has 0 saturated heterocycles. The monoisotopic (exact) mass is 536 g/mol. The molecule has 4 aromatic rings. The fraction of sp³-hybridized carbons (Fsp3) is 0.100. The Bertz CT molecular complexity index is 1670. The zero-order valence-electron chi connectivity index (χ0n) is 21.2. The zero-order valence-corrected chi connectivity index (χ0v) is 22.0. The van der Waals surface area contributed by atoms with Gasteiger partial charge in [-0.1, -0.05) is 42.5 Å². The second-order valence-electron chi connectivity index (χ2n) is 8.81. The lowest BCUT2D eigenvalue weighted by atomic mass is 10.1. The third-order valence-corrected chi connectivity index (χ3v) is 7.08. The van der Waals surface area contributed by atoms with Crippen LogP contribution in [0.3, 0.4) is 0 Å². The van der Waals surface area contributed by atoms with Crippen LogP contribution < -0.4 is 10.6 Å². The molecule has 9 heteroatoms. The molecular weight excluding hydrogens is 512 g/mol. The van der Waals surface area contributed by atoms with Crippen molar-refractivity contribution in [2.45, 2.75) is 18.7 Å². The number of hydrogen-bond acceptors (Lipinski definition) is 6. The number of nitrogens with zero attached hydrogens (tertiary/aromatic N) is 2. The summed E-state index contributed by atoms with van der Waals surface area (Å²) < 4.78 is 0. The average Bonchev–Trinajstić information content (AvgIpc) is 2.92. The maximum absolute atomic E-state index is 12.6. The quantitative estimate of drug-likeness (QED) is 0.0855. The number of nitriles is 1. The standard InChI is InChI=1S/C30H24N4O4S/c1-19-7-10-25(13-20(19)2)33-30(36)24(17-31)14-21-8-12-28(27(15-21)34(37)38)39-18-29(35)32-26-11-9-22-5-3-4-6-23(22)16-26/h3-16H,18H2,1-2H3,(H,32,35)(H,33,36)/b24-14+. The van der Waals surface area contributed by atoms with Crippen molar-refractivity contribution in [1.29, 1.82) is 5.26 Å². The number of nitrogens with one attached hydrogen (secondary N) is 2. The van der Waals surface area contributed by atoms with E-state index in [0.29, 0.717) is 21.8 Å². The summed E-state index contributed by atoms with van der Waals surface area (Å²) in [6.07, 6.45) is 1.30. The summed E-state index contributed by atoms with van der Waals surface area (Å²) in [4.78, 5) is 36.7. The van der Waals surface area contributed by atoms with Gasteiger partial charge in [-0.2, -0.15) is 5.26 Å². The van der Waals surface area contributed by atoms with E-state index in [1.807, 2.05) is 62.4 Å². The summed E-state index contributed by atoms with van der Waals surface area (Å²) in [5, 5.41) is 28.8. The Morgan fingerprint density at radius 3 is 2.36 bits per heavy atom. The van der Waals surface area contributed by atoms with Gasteiger partial charge in [-0.25, -0.2) is 0 Å². The molecule has 4 aromatic carbocycles. The number of carbonyl (C=O) groups is 2. The molecule has 2 N–H and O–H groups in total. The van der Waals surface area contributed by atoms with Gasteiger partial charge in [-0.15, -0.1) is 11.8 Å². The highest BCUT2D eigenvalue weighted by molar-refractivity contribution is 8.00. The van der Waals surface area contributed by atoms with Crippen molar-refractivity contribution in [3.63, 3.8) is 0 Å². The van der Waals surface area contributed by atoms with Gasteiger partial charge in [-0.05, 0) is 77.7 Å². The number of carbonyl (C=O) groups excluding carboxylic acids is 2. The molecule has 0 aliphatic heterocycles. The van der Waals surface area contributed by atoms with Gasteiger partial charge < -0.3 is 10.6 Å². The van der Waals surface area contributed by atoms with Crippen molar-refractivity contribution in [2.75, 3.05) is 16.4 Å². The molecule has 39 heavy (non-hydrogen) atoms. The van der Waals surface area contributed by atoms with E-state index in [4.69, 9.17) is 0 Å². The Morgan fingerprint density at radius 2 is 1.64 bits per heavy atom. The van der Waals surface area contributed by atoms with E-state index in [0.717, 1.165) is 33.7 Å². The van der Waals surface area contributed by atoms with E-state index in [1.54, 1.807) is 24.3 Å². The second-order valence-corrected chi connectivity index (χ2v) is 9.82. The van der Waals surface area contributed by atoms with E-state index >= 15 is 0 Å². The predicted molar refractivity (Wildman–Crippen MR) is 155 cm³/mol. The topological polar surface area (TPSA) is 125 Å². The van der Waals surface area contributed by atoms with Crippen molar-refractivity contribution in [3.05, 3.63) is 111 Å². The highest BCUT2D eigenvalue weighted by Crippen LogP contribution is 2.31. The Morgan fingerprint density at radius 1 is 0.923 bits per heavy atom. The highest BCUT2D eigenvalue weighted by atomic mass is 32.2. The second kappa shape index (κ2) is 12.1. The van der Waals surface area contributed by atoms with Crippen molar-refractivity contribution in [2.24, 2.45) is 0 Å². The molecule has 8 nitrogen and oxygen atoms in total. The molecule has 194 valence electrons. The predicted octanol–water partition coefficient (Wildman–Crippen LogP) is 6.64. The molecule has 0 spiro atoms. The van der Waals surface area contributed by atoms with Crippen LogP contribution >= 0.6 is 11.8 Å². The van der Waals surface area contributed by atoms with Crippen molar-refractivity contribution >= 4 is 57.5 Å². The average molecular weight is 537 g/mol. The SMILES string of the molecule is Cc1ccc(NC(=O)/C(C#N)=C/c2ccc(SCC(=O)Nc3ccc4ccccc4c3)c([N+](=O)[O-])c2)cc1C. The zero-order chi connectivity index (χ0) is 27.9. The summed E-state index contributed by atoms with van der Waals surface area (Å²) in [6.45, 7) is 3.87. The fourth-order valence-electron chi connectivity index (χ4n) is 3.83. The van der Waals surface area contributed by atoms with Gasteiger partial charge in [0.2, 0.25) is 5.91 Å². The number of fused-ring (bicyclic) bond motifs is 1. The Balaban J connectivity index is 1.45. The Kier molecular flexibility index (Phi) is 8.39. The minimum absolute atomic E-state index is 0.0370. The molecule has 0 aromatic heterocycles. The van der Waals surface area contributed by atoms with Crippen LogP contribution in [0.5, 0.6) is 0 Å². The third-order valence-electron chi connectivity index (χ3n) is 6.01. The first-order valence-corrected chi connectivity index (χ1v) is 12.9. The number of benzene rings is 4. The molecule has 0 bridgehead atoms. The van der Waals surface area contributed by atoms with Crippen molar-refractivity contribution in [1.82, 2.24) is 0 Å². The Hall–Kier alpha value is -4.94. The largest absolute Gasteiger partial charge is 0.325 e. The molecule has 0 aliphatic carbocycles.